The smallest absolute Gasteiger partial charge is 0.123 e. The van der Waals surface area contributed by atoms with Gasteiger partial charge in [-0.2, -0.15) is 0 Å². The maximum Gasteiger partial charge on any atom is 0.123 e. The van der Waals surface area contributed by atoms with E-state index in [0.717, 1.165) is 12.5 Å². The van der Waals surface area contributed by atoms with Crippen LogP contribution in [0.1, 0.15) is 26.7 Å². The Hall–Kier alpha value is -1.25. The Bertz CT molecular complexity index is 320. The van der Waals surface area contributed by atoms with E-state index in [4.69, 9.17) is 5.73 Å². The summed E-state index contributed by atoms with van der Waals surface area (Å²) in [6.45, 7) is 5.75. The number of nitrogens with zero attached hydrogens (tertiary/aromatic N) is 2. The van der Waals surface area contributed by atoms with E-state index in [2.05, 4.69) is 29.8 Å². The van der Waals surface area contributed by atoms with Crippen molar-refractivity contribution in [3.63, 3.8) is 0 Å². The number of piperidine rings is 1. The van der Waals surface area contributed by atoms with Crippen LogP contribution < -0.4 is 10.6 Å². The fourth-order valence-corrected chi connectivity index (χ4v) is 2.27. The number of hydrogen-bond acceptors (Lipinski definition) is 3. The first-order valence-corrected chi connectivity index (χ1v) is 5.66. The van der Waals surface area contributed by atoms with Crippen LogP contribution in [0.5, 0.6) is 0 Å². The largest absolute Gasteiger partial charge is 0.384 e. The number of nitrogen functional groups attached to an aromatic ring is 1. The molecule has 1 aromatic rings. The average Bonchev–Trinajstić information content (AvgIpc) is 2.24. The number of nitrogens with two attached hydrogens (primary N) is 1. The van der Waals surface area contributed by atoms with Crippen LogP contribution in [-0.4, -0.2) is 17.6 Å². The van der Waals surface area contributed by atoms with Crippen molar-refractivity contribution >= 4 is 11.5 Å². The Kier molecular flexibility index (Phi) is 2.80. The van der Waals surface area contributed by atoms with Crippen LogP contribution in [0.3, 0.4) is 0 Å². The molecule has 0 spiro atoms. The Morgan fingerprint density at radius 1 is 1.40 bits per heavy atom. The third kappa shape index (κ3) is 2.06. The van der Waals surface area contributed by atoms with Crippen LogP contribution in [0.2, 0.25) is 0 Å². The van der Waals surface area contributed by atoms with Gasteiger partial charge in [0.15, 0.2) is 0 Å². The molecule has 0 aromatic carbocycles. The fraction of sp³-hybridized carbons (Fsp3) is 0.583. The Balaban J connectivity index is 2.18. The fourth-order valence-electron chi connectivity index (χ4n) is 2.27. The molecule has 1 aliphatic rings. The summed E-state index contributed by atoms with van der Waals surface area (Å²) in [5.41, 5.74) is 6.79. The van der Waals surface area contributed by atoms with Crippen molar-refractivity contribution in [1.29, 1.82) is 0 Å². The van der Waals surface area contributed by atoms with Crippen LogP contribution in [0.4, 0.5) is 11.5 Å². The SMILES string of the molecule is CC1CCCN(c2ccc(N)nc2)C1C. The minimum absolute atomic E-state index is 0.594. The van der Waals surface area contributed by atoms with E-state index in [1.807, 2.05) is 12.3 Å². The van der Waals surface area contributed by atoms with Gasteiger partial charge in [-0.1, -0.05) is 6.92 Å². The highest BCUT2D eigenvalue weighted by molar-refractivity contribution is 5.49. The first kappa shape index (κ1) is 10.3. The third-order valence-corrected chi connectivity index (χ3v) is 3.48. The summed E-state index contributed by atoms with van der Waals surface area (Å²) in [6, 6.07) is 4.54. The summed E-state index contributed by atoms with van der Waals surface area (Å²) in [5.74, 6) is 1.35. The average molecular weight is 205 g/mol. The van der Waals surface area contributed by atoms with Gasteiger partial charge in [-0.25, -0.2) is 4.98 Å². The molecule has 0 saturated carbocycles. The van der Waals surface area contributed by atoms with Gasteiger partial charge in [-0.05, 0) is 37.8 Å². The van der Waals surface area contributed by atoms with Gasteiger partial charge in [0, 0.05) is 12.6 Å². The predicted octanol–water partition coefficient (Wildman–Crippen LogP) is 2.29. The lowest BCUT2D eigenvalue weighted by molar-refractivity contribution is 0.363. The second kappa shape index (κ2) is 4.09. The van der Waals surface area contributed by atoms with Crippen LogP contribution in [0.15, 0.2) is 18.3 Å². The minimum Gasteiger partial charge on any atom is -0.384 e. The zero-order chi connectivity index (χ0) is 10.8. The quantitative estimate of drug-likeness (QED) is 0.765. The van der Waals surface area contributed by atoms with Crippen molar-refractivity contribution in [1.82, 2.24) is 4.98 Å². The first-order valence-electron chi connectivity index (χ1n) is 5.66. The van der Waals surface area contributed by atoms with Crippen molar-refractivity contribution in [2.45, 2.75) is 32.7 Å². The zero-order valence-electron chi connectivity index (χ0n) is 9.48. The molecule has 0 aliphatic carbocycles. The molecule has 1 aromatic heterocycles. The lowest BCUT2D eigenvalue weighted by Gasteiger charge is -2.39. The molecule has 15 heavy (non-hydrogen) atoms. The molecular formula is C12H19N3. The molecule has 3 heteroatoms. The predicted molar refractivity (Wildman–Crippen MR) is 63.9 cm³/mol. The van der Waals surface area contributed by atoms with Crippen molar-refractivity contribution < 1.29 is 0 Å². The first-order chi connectivity index (χ1) is 7.18. The number of pyridine rings is 1. The van der Waals surface area contributed by atoms with Gasteiger partial charge < -0.3 is 10.6 Å². The second-order valence-electron chi connectivity index (χ2n) is 4.49. The van der Waals surface area contributed by atoms with Gasteiger partial charge >= 0.3 is 0 Å². The molecule has 1 saturated heterocycles. The van der Waals surface area contributed by atoms with E-state index in [1.165, 1.54) is 18.5 Å². The maximum absolute atomic E-state index is 5.59. The Morgan fingerprint density at radius 3 is 2.87 bits per heavy atom. The van der Waals surface area contributed by atoms with Gasteiger partial charge in [0.1, 0.15) is 5.82 Å². The molecule has 2 unspecified atom stereocenters. The molecule has 0 radical (unpaired) electrons. The van der Waals surface area contributed by atoms with Gasteiger partial charge in [0.05, 0.1) is 11.9 Å². The number of hydrogen-bond donors (Lipinski definition) is 1. The van der Waals surface area contributed by atoms with Crippen molar-refractivity contribution in [3.05, 3.63) is 18.3 Å². The van der Waals surface area contributed by atoms with Crippen molar-refractivity contribution in [2.75, 3.05) is 17.2 Å². The monoisotopic (exact) mass is 205 g/mol. The molecule has 1 aliphatic heterocycles. The van der Waals surface area contributed by atoms with E-state index in [0.29, 0.717) is 11.9 Å². The molecular weight excluding hydrogens is 186 g/mol. The van der Waals surface area contributed by atoms with Gasteiger partial charge in [0.25, 0.3) is 0 Å². The Morgan fingerprint density at radius 2 is 2.20 bits per heavy atom. The number of rotatable bonds is 1. The standard InChI is InChI=1S/C12H19N3/c1-9-4-3-7-15(10(9)2)11-5-6-12(13)14-8-11/h5-6,8-10H,3-4,7H2,1-2H3,(H2,13,14). The van der Waals surface area contributed by atoms with E-state index in [-0.39, 0.29) is 0 Å². The summed E-state index contributed by atoms with van der Waals surface area (Å²) in [4.78, 5) is 6.58. The normalized spacial score (nSPS) is 26.7. The number of aromatic nitrogens is 1. The molecule has 3 nitrogen and oxygen atoms in total. The summed E-state index contributed by atoms with van der Waals surface area (Å²) < 4.78 is 0. The lowest BCUT2D eigenvalue weighted by atomic mass is 9.92. The van der Waals surface area contributed by atoms with E-state index in [1.54, 1.807) is 0 Å². The van der Waals surface area contributed by atoms with Crippen LogP contribution in [0.25, 0.3) is 0 Å². The third-order valence-electron chi connectivity index (χ3n) is 3.48. The molecule has 2 rings (SSSR count). The second-order valence-corrected chi connectivity index (χ2v) is 4.49. The summed E-state index contributed by atoms with van der Waals surface area (Å²) in [5, 5.41) is 0. The maximum atomic E-state index is 5.59. The van der Waals surface area contributed by atoms with Gasteiger partial charge in [-0.3, -0.25) is 0 Å². The van der Waals surface area contributed by atoms with E-state index < -0.39 is 0 Å². The van der Waals surface area contributed by atoms with Crippen LogP contribution >= 0.6 is 0 Å². The molecule has 2 atom stereocenters. The van der Waals surface area contributed by atoms with Gasteiger partial charge in [0.2, 0.25) is 0 Å². The highest BCUT2D eigenvalue weighted by Gasteiger charge is 2.24. The van der Waals surface area contributed by atoms with Gasteiger partial charge in [-0.15, -0.1) is 0 Å². The van der Waals surface area contributed by atoms with Crippen molar-refractivity contribution in [2.24, 2.45) is 5.92 Å². The number of anilines is 2. The minimum atomic E-state index is 0.594. The molecule has 1 fully saturated rings. The Labute approximate surface area is 91.3 Å². The molecule has 82 valence electrons. The summed E-state index contributed by atoms with van der Waals surface area (Å²) in [7, 11) is 0. The summed E-state index contributed by atoms with van der Waals surface area (Å²) >= 11 is 0. The molecule has 0 bridgehead atoms. The highest BCUT2D eigenvalue weighted by atomic mass is 15.2. The van der Waals surface area contributed by atoms with Crippen LogP contribution in [-0.2, 0) is 0 Å². The van der Waals surface area contributed by atoms with Crippen LogP contribution in [0, 0.1) is 5.92 Å². The summed E-state index contributed by atoms with van der Waals surface area (Å²) in [6.07, 6.45) is 4.49. The van der Waals surface area contributed by atoms with E-state index in [9.17, 15) is 0 Å². The highest BCUT2D eigenvalue weighted by Crippen LogP contribution is 2.27. The zero-order valence-corrected chi connectivity index (χ0v) is 9.48. The lowest BCUT2D eigenvalue weighted by Crippen LogP contribution is -2.42. The molecule has 2 heterocycles. The topological polar surface area (TPSA) is 42.1 Å². The molecule has 2 N–H and O–H groups in total. The molecule has 0 amide bonds. The van der Waals surface area contributed by atoms with Crippen molar-refractivity contribution in [3.8, 4) is 0 Å². The van der Waals surface area contributed by atoms with E-state index >= 15 is 0 Å².